The Morgan fingerprint density at radius 3 is 2.43 bits per heavy atom. The predicted octanol–water partition coefficient (Wildman–Crippen LogP) is 2.25. The maximum atomic E-state index is 12.5. The number of sulfonamides is 1. The van der Waals surface area contributed by atoms with Gasteiger partial charge in [0.25, 0.3) is 0 Å². The fourth-order valence-electron chi connectivity index (χ4n) is 2.49. The molecule has 2 heterocycles. The van der Waals surface area contributed by atoms with Crippen molar-refractivity contribution in [2.45, 2.75) is 25.0 Å². The predicted molar refractivity (Wildman–Crippen MR) is 76.7 cm³/mol. The molecule has 0 N–H and O–H groups in total. The van der Waals surface area contributed by atoms with E-state index in [-0.39, 0.29) is 12.3 Å². The average molecular weight is 345 g/mol. The van der Waals surface area contributed by atoms with Crippen LogP contribution in [-0.4, -0.2) is 29.0 Å². The second kappa shape index (κ2) is 5.64. The number of benzene rings is 1. The van der Waals surface area contributed by atoms with Gasteiger partial charge >= 0.3 is 6.18 Å². The number of nitrogens with zero attached hydrogens (tertiary/aromatic N) is 3. The maximum Gasteiger partial charge on any atom is 0.416 e. The largest absolute Gasteiger partial charge is 0.416 e. The van der Waals surface area contributed by atoms with Gasteiger partial charge in [-0.1, -0.05) is 12.1 Å². The zero-order chi connectivity index (χ0) is 16.7. The minimum atomic E-state index is -4.43. The summed E-state index contributed by atoms with van der Waals surface area (Å²) in [5.74, 6) is -0.320. The molecular formula is C14H14F3N3O2S. The molecule has 0 bridgehead atoms. The Morgan fingerprint density at radius 2 is 1.78 bits per heavy atom. The van der Waals surface area contributed by atoms with Crippen molar-refractivity contribution in [1.82, 2.24) is 14.1 Å². The van der Waals surface area contributed by atoms with Crippen LogP contribution in [0.3, 0.4) is 0 Å². The minimum Gasteiger partial charge on any atom is -0.267 e. The standard InChI is InChI=1S/C14H14F3N3O2S/c15-14(16,17)12-3-1-11(2-4-12)10-23(21,22)19-7-8-20-13(9-19)5-6-18-20/h1-6H,7-10H2. The number of halogens is 3. The molecule has 0 unspecified atom stereocenters. The summed E-state index contributed by atoms with van der Waals surface area (Å²) in [7, 11) is -3.59. The van der Waals surface area contributed by atoms with Crippen molar-refractivity contribution in [2.75, 3.05) is 6.54 Å². The van der Waals surface area contributed by atoms with E-state index in [0.29, 0.717) is 18.7 Å². The van der Waals surface area contributed by atoms with Crippen molar-refractivity contribution in [2.24, 2.45) is 0 Å². The van der Waals surface area contributed by atoms with Gasteiger partial charge in [0.05, 0.1) is 30.1 Å². The Balaban J connectivity index is 1.74. The van der Waals surface area contributed by atoms with Gasteiger partial charge in [-0.05, 0) is 23.8 Å². The van der Waals surface area contributed by atoms with Crippen LogP contribution in [0.25, 0.3) is 0 Å². The van der Waals surface area contributed by atoms with E-state index in [0.717, 1.165) is 17.8 Å². The van der Waals surface area contributed by atoms with Gasteiger partial charge in [0, 0.05) is 12.7 Å². The summed E-state index contributed by atoms with van der Waals surface area (Å²) in [6.07, 6.45) is -2.82. The first-order valence-electron chi connectivity index (χ1n) is 6.90. The van der Waals surface area contributed by atoms with Crippen molar-refractivity contribution in [3.8, 4) is 0 Å². The Labute approximate surface area is 131 Å². The monoisotopic (exact) mass is 345 g/mol. The zero-order valence-corrected chi connectivity index (χ0v) is 12.8. The molecule has 0 aliphatic carbocycles. The van der Waals surface area contributed by atoms with E-state index in [1.54, 1.807) is 16.9 Å². The molecule has 5 nitrogen and oxygen atoms in total. The maximum absolute atomic E-state index is 12.5. The molecular weight excluding hydrogens is 331 g/mol. The normalized spacial score (nSPS) is 16.3. The SMILES string of the molecule is O=S(=O)(Cc1ccc(C(F)(F)F)cc1)N1CCn2nccc2C1. The third-order valence-corrected chi connectivity index (χ3v) is 5.52. The lowest BCUT2D eigenvalue weighted by molar-refractivity contribution is -0.137. The van der Waals surface area contributed by atoms with Crippen molar-refractivity contribution in [3.05, 3.63) is 53.3 Å². The second-order valence-corrected chi connectivity index (χ2v) is 7.30. The van der Waals surface area contributed by atoms with Crippen molar-refractivity contribution >= 4 is 10.0 Å². The molecule has 0 spiro atoms. The van der Waals surface area contributed by atoms with Gasteiger partial charge in [-0.25, -0.2) is 8.42 Å². The summed E-state index contributed by atoms with van der Waals surface area (Å²) in [4.78, 5) is 0. The molecule has 1 aliphatic heterocycles. The molecule has 0 saturated heterocycles. The summed E-state index contributed by atoms with van der Waals surface area (Å²) in [5, 5.41) is 4.08. The fraction of sp³-hybridized carbons (Fsp3) is 0.357. The van der Waals surface area contributed by atoms with Crippen LogP contribution >= 0.6 is 0 Å². The number of hydrogen-bond acceptors (Lipinski definition) is 3. The lowest BCUT2D eigenvalue weighted by Gasteiger charge is -2.27. The molecule has 0 atom stereocenters. The highest BCUT2D eigenvalue weighted by molar-refractivity contribution is 7.88. The number of alkyl halides is 3. The Hall–Kier alpha value is -1.87. The van der Waals surface area contributed by atoms with Gasteiger partial charge in [0.1, 0.15) is 0 Å². The first kappa shape index (κ1) is 16.0. The molecule has 23 heavy (non-hydrogen) atoms. The van der Waals surface area contributed by atoms with Crippen LogP contribution in [0.15, 0.2) is 36.5 Å². The molecule has 1 aromatic heterocycles. The molecule has 1 aliphatic rings. The Bertz CT molecular complexity index is 797. The Kier molecular flexibility index (Phi) is 3.93. The van der Waals surface area contributed by atoms with E-state index in [4.69, 9.17) is 0 Å². The molecule has 3 rings (SSSR count). The minimum absolute atomic E-state index is 0.225. The van der Waals surface area contributed by atoms with E-state index in [2.05, 4.69) is 5.10 Å². The number of hydrogen-bond donors (Lipinski definition) is 0. The van der Waals surface area contributed by atoms with Crippen LogP contribution in [0.4, 0.5) is 13.2 Å². The zero-order valence-electron chi connectivity index (χ0n) is 12.0. The smallest absolute Gasteiger partial charge is 0.267 e. The molecule has 1 aromatic carbocycles. The van der Waals surface area contributed by atoms with Crippen LogP contribution < -0.4 is 0 Å². The highest BCUT2D eigenvalue weighted by atomic mass is 32.2. The lowest BCUT2D eigenvalue weighted by Crippen LogP contribution is -2.39. The van der Waals surface area contributed by atoms with Crippen molar-refractivity contribution in [3.63, 3.8) is 0 Å². The van der Waals surface area contributed by atoms with Gasteiger partial charge in [0.15, 0.2) is 0 Å². The van der Waals surface area contributed by atoms with Gasteiger partial charge in [-0.3, -0.25) is 4.68 Å². The van der Waals surface area contributed by atoms with E-state index in [1.165, 1.54) is 16.4 Å². The second-order valence-electron chi connectivity index (χ2n) is 5.33. The first-order chi connectivity index (χ1) is 10.8. The third kappa shape index (κ3) is 3.40. The first-order valence-corrected chi connectivity index (χ1v) is 8.51. The molecule has 0 radical (unpaired) electrons. The van der Waals surface area contributed by atoms with Crippen LogP contribution in [0, 0.1) is 0 Å². The van der Waals surface area contributed by atoms with Crippen molar-refractivity contribution in [1.29, 1.82) is 0 Å². The quantitative estimate of drug-likeness (QED) is 0.857. The average Bonchev–Trinajstić information content (AvgIpc) is 2.93. The number of fused-ring (bicyclic) bond motifs is 1. The highest BCUT2D eigenvalue weighted by Crippen LogP contribution is 2.29. The number of aromatic nitrogens is 2. The van der Waals surface area contributed by atoms with Crippen molar-refractivity contribution < 1.29 is 21.6 Å². The topological polar surface area (TPSA) is 55.2 Å². The third-order valence-electron chi connectivity index (χ3n) is 3.73. The van der Waals surface area contributed by atoms with Gasteiger partial charge in [-0.2, -0.15) is 22.6 Å². The molecule has 0 amide bonds. The summed E-state index contributed by atoms with van der Waals surface area (Å²) in [6.45, 7) is 0.995. The summed E-state index contributed by atoms with van der Waals surface area (Å²) in [6, 6.07) is 5.95. The highest BCUT2D eigenvalue weighted by Gasteiger charge is 2.31. The van der Waals surface area contributed by atoms with E-state index < -0.39 is 21.8 Å². The molecule has 0 fully saturated rings. The summed E-state index contributed by atoms with van der Waals surface area (Å²) in [5.41, 5.74) is 0.338. The molecule has 0 saturated carbocycles. The molecule has 9 heteroatoms. The fourth-order valence-corrected chi connectivity index (χ4v) is 3.98. The van der Waals surface area contributed by atoms with Gasteiger partial charge in [0.2, 0.25) is 10.0 Å². The van der Waals surface area contributed by atoms with E-state index in [9.17, 15) is 21.6 Å². The molecule has 2 aromatic rings. The van der Waals surface area contributed by atoms with Gasteiger partial charge < -0.3 is 0 Å². The van der Waals surface area contributed by atoms with E-state index in [1.807, 2.05) is 0 Å². The van der Waals surface area contributed by atoms with Gasteiger partial charge in [-0.15, -0.1) is 0 Å². The van der Waals surface area contributed by atoms with E-state index >= 15 is 0 Å². The van der Waals surface area contributed by atoms with Crippen LogP contribution in [0.1, 0.15) is 16.8 Å². The van der Waals surface area contributed by atoms with Crippen LogP contribution in [-0.2, 0) is 35.0 Å². The van der Waals surface area contributed by atoms with Crippen LogP contribution in [0.2, 0.25) is 0 Å². The Morgan fingerprint density at radius 1 is 1.09 bits per heavy atom. The lowest BCUT2D eigenvalue weighted by atomic mass is 10.1. The molecule has 124 valence electrons. The number of rotatable bonds is 3. The summed E-state index contributed by atoms with van der Waals surface area (Å²) >= 11 is 0. The van der Waals surface area contributed by atoms with Crippen LogP contribution in [0.5, 0.6) is 0 Å². The summed E-state index contributed by atoms with van der Waals surface area (Å²) < 4.78 is 65.5.